The third kappa shape index (κ3) is 6.09. The van der Waals surface area contributed by atoms with E-state index >= 15 is 4.39 Å². The molecule has 0 aliphatic carbocycles. The van der Waals surface area contributed by atoms with Crippen LogP contribution in [0.3, 0.4) is 0 Å². The van der Waals surface area contributed by atoms with Gasteiger partial charge in [-0.25, -0.2) is 13.8 Å². The molecule has 4 heterocycles. The van der Waals surface area contributed by atoms with Crippen molar-refractivity contribution >= 4 is 60.6 Å². The van der Waals surface area contributed by atoms with Crippen LogP contribution in [0.25, 0.3) is 32.1 Å². The van der Waals surface area contributed by atoms with Crippen LogP contribution in [-0.4, -0.2) is 66.4 Å². The molecule has 0 radical (unpaired) electrons. The average Bonchev–Trinajstić information content (AvgIpc) is 3.41. The van der Waals surface area contributed by atoms with E-state index in [-0.39, 0.29) is 60.5 Å². The molecule has 0 saturated carbocycles. The summed E-state index contributed by atoms with van der Waals surface area (Å²) in [6, 6.07) is 9.56. The minimum atomic E-state index is -0.765. The second-order valence-electron chi connectivity index (χ2n) is 11.4. The first-order valence-electron chi connectivity index (χ1n) is 15.0. The topological polar surface area (TPSA) is 139 Å². The monoisotopic (exact) mass is 678 g/mol. The van der Waals surface area contributed by atoms with Gasteiger partial charge in [-0.1, -0.05) is 23.7 Å². The summed E-state index contributed by atoms with van der Waals surface area (Å²) in [4.78, 5) is 17.7. The first-order valence-corrected chi connectivity index (χ1v) is 16.2. The second-order valence-corrected chi connectivity index (χ2v) is 12.9. The molecule has 2 aromatic carbocycles. The van der Waals surface area contributed by atoms with Crippen LogP contribution in [-0.2, 0) is 4.74 Å². The van der Waals surface area contributed by atoms with Crippen LogP contribution in [0.5, 0.6) is 6.01 Å². The highest BCUT2D eigenvalue weighted by atomic mass is 35.5. The molecule has 244 valence electrons. The Morgan fingerprint density at radius 2 is 1.98 bits per heavy atom. The number of likely N-dealkylation sites (tertiary alicyclic amines) is 1. The number of nitrogen functional groups attached to an aromatic ring is 2. The van der Waals surface area contributed by atoms with Gasteiger partial charge in [0, 0.05) is 61.9 Å². The van der Waals surface area contributed by atoms with E-state index in [1.165, 1.54) is 12.1 Å². The van der Waals surface area contributed by atoms with E-state index in [2.05, 4.69) is 14.9 Å². The van der Waals surface area contributed by atoms with Crippen LogP contribution < -0.4 is 21.1 Å². The number of fused-ring (bicyclic) bond motifs is 2. The summed E-state index contributed by atoms with van der Waals surface area (Å²) in [5.74, 6) is -0.610. The summed E-state index contributed by atoms with van der Waals surface area (Å²) >= 11 is 7.76. The third-order valence-electron chi connectivity index (χ3n) is 8.70. The number of ether oxygens (including phenoxy) is 2. The molecule has 0 unspecified atom stereocenters. The molecule has 1 fully saturated rings. The zero-order valence-corrected chi connectivity index (χ0v) is 27.6. The molecule has 4 N–H and O–H groups in total. The number of benzene rings is 2. The van der Waals surface area contributed by atoms with E-state index in [1.54, 1.807) is 25.4 Å². The number of nitriles is 1. The number of piperidine rings is 1. The maximum absolute atomic E-state index is 16.9. The lowest BCUT2D eigenvalue weighted by Gasteiger charge is -2.32. The minimum absolute atomic E-state index is 0.00923. The molecule has 1 aliphatic rings. The zero-order valence-electron chi connectivity index (χ0n) is 26.1. The van der Waals surface area contributed by atoms with Crippen molar-refractivity contribution in [1.29, 1.82) is 5.26 Å². The van der Waals surface area contributed by atoms with Crippen molar-refractivity contribution < 1.29 is 18.3 Å². The Morgan fingerprint density at radius 3 is 2.68 bits per heavy atom. The van der Waals surface area contributed by atoms with Gasteiger partial charge in [0.1, 0.15) is 40.1 Å². The van der Waals surface area contributed by atoms with Gasteiger partial charge in [-0.05, 0) is 43.5 Å². The Labute approximate surface area is 279 Å². The molecule has 0 amide bonds. The number of thiophene rings is 1. The van der Waals surface area contributed by atoms with E-state index < -0.39 is 11.6 Å². The van der Waals surface area contributed by atoms with Gasteiger partial charge in [0.2, 0.25) is 0 Å². The molecule has 3 aromatic heterocycles. The fourth-order valence-electron chi connectivity index (χ4n) is 6.03. The van der Waals surface area contributed by atoms with Crippen LogP contribution >= 0.6 is 22.9 Å². The largest absolute Gasteiger partial charge is 0.460 e. The standard InChI is InChI=1S/C33H33ClF2N8O2S/c1-17(19-5-4-10-40-30(19)38)43(2)32-21-15-23(34)26(20-6-7-24(35)29-25(20)22(16-37)31(39)47-29)27(36)28(21)41-33(42-32)46-18-8-11-44(12-9-18)13-14-45-3/h4-7,10,15,17-18H,8-9,11-14,39H2,1-3H3,(H2,38,40)/t17-/m1/s1. The van der Waals surface area contributed by atoms with E-state index in [9.17, 15) is 9.65 Å². The highest BCUT2D eigenvalue weighted by molar-refractivity contribution is 7.23. The smallest absolute Gasteiger partial charge is 0.319 e. The van der Waals surface area contributed by atoms with Crippen LogP contribution in [0.15, 0.2) is 36.5 Å². The minimum Gasteiger partial charge on any atom is -0.460 e. The third-order valence-corrected chi connectivity index (χ3v) is 10.0. The SMILES string of the molecule is COCCN1CCC(Oc2nc(N(C)[C@H](C)c3cccnc3N)c3cc(Cl)c(-c4ccc(F)c5sc(N)c(C#N)c45)c(F)c3n2)CC1. The van der Waals surface area contributed by atoms with Crippen LogP contribution in [0.4, 0.5) is 25.4 Å². The normalized spacial score (nSPS) is 14.8. The first-order chi connectivity index (χ1) is 22.6. The van der Waals surface area contributed by atoms with Crippen molar-refractivity contribution in [3.8, 4) is 23.2 Å². The van der Waals surface area contributed by atoms with E-state index in [0.717, 1.165) is 49.4 Å². The molecule has 6 rings (SSSR count). The molecular weight excluding hydrogens is 646 g/mol. The molecule has 0 spiro atoms. The number of pyridine rings is 1. The molecule has 0 bridgehead atoms. The van der Waals surface area contributed by atoms with Gasteiger partial charge in [-0.15, -0.1) is 11.3 Å². The highest BCUT2D eigenvalue weighted by Crippen LogP contribution is 2.46. The van der Waals surface area contributed by atoms with Gasteiger partial charge in [0.05, 0.1) is 27.9 Å². The number of methoxy groups -OCH3 is 1. The Morgan fingerprint density at radius 1 is 1.21 bits per heavy atom. The Bertz CT molecular complexity index is 2010. The fourth-order valence-corrected chi connectivity index (χ4v) is 7.28. The van der Waals surface area contributed by atoms with Crippen molar-refractivity contribution in [3.63, 3.8) is 0 Å². The Hall–Kier alpha value is -4.35. The number of aromatic nitrogens is 3. The van der Waals surface area contributed by atoms with Crippen molar-refractivity contribution in [2.45, 2.75) is 31.9 Å². The lowest BCUT2D eigenvalue weighted by molar-refractivity contribution is 0.0748. The lowest BCUT2D eigenvalue weighted by atomic mass is 9.97. The first kappa shape index (κ1) is 32.6. The molecule has 47 heavy (non-hydrogen) atoms. The molecule has 1 atom stereocenters. The molecular formula is C33H33ClF2N8O2S. The second kappa shape index (κ2) is 13.4. The van der Waals surface area contributed by atoms with Crippen LogP contribution in [0, 0.1) is 23.0 Å². The summed E-state index contributed by atoms with van der Waals surface area (Å²) in [7, 11) is 3.49. The summed E-state index contributed by atoms with van der Waals surface area (Å²) in [6.45, 7) is 5.03. The summed E-state index contributed by atoms with van der Waals surface area (Å²) in [5, 5.41) is 10.5. The molecule has 10 nitrogen and oxygen atoms in total. The number of halogens is 3. The van der Waals surface area contributed by atoms with Gasteiger partial charge >= 0.3 is 6.01 Å². The van der Waals surface area contributed by atoms with Gasteiger partial charge in [0.15, 0.2) is 5.82 Å². The van der Waals surface area contributed by atoms with Crippen molar-refractivity contribution in [1.82, 2.24) is 19.9 Å². The quantitative estimate of drug-likeness (QED) is 0.176. The van der Waals surface area contributed by atoms with E-state index in [1.807, 2.05) is 31.0 Å². The number of nitrogens with two attached hydrogens (primary N) is 2. The lowest BCUT2D eigenvalue weighted by Crippen LogP contribution is -2.40. The molecule has 1 saturated heterocycles. The predicted molar refractivity (Wildman–Crippen MR) is 182 cm³/mol. The summed E-state index contributed by atoms with van der Waals surface area (Å²) in [6.07, 6.45) is 2.89. The molecule has 5 aromatic rings. The van der Waals surface area contributed by atoms with Crippen LogP contribution in [0.1, 0.15) is 36.9 Å². The van der Waals surface area contributed by atoms with E-state index in [4.69, 9.17) is 37.5 Å². The predicted octanol–water partition coefficient (Wildman–Crippen LogP) is 6.56. The van der Waals surface area contributed by atoms with Gasteiger partial charge < -0.3 is 30.7 Å². The Kier molecular flexibility index (Phi) is 9.29. The van der Waals surface area contributed by atoms with Crippen molar-refractivity contribution in [3.05, 3.63) is 64.3 Å². The van der Waals surface area contributed by atoms with Crippen LogP contribution in [0.2, 0.25) is 5.02 Å². The maximum atomic E-state index is 16.9. The average molecular weight is 679 g/mol. The summed E-state index contributed by atoms with van der Waals surface area (Å²) in [5.41, 5.74) is 13.2. The highest BCUT2D eigenvalue weighted by Gasteiger charge is 2.28. The number of nitrogens with zero attached hydrogens (tertiary/aromatic N) is 6. The van der Waals surface area contributed by atoms with E-state index in [0.29, 0.717) is 23.6 Å². The maximum Gasteiger partial charge on any atom is 0.319 e. The summed E-state index contributed by atoms with van der Waals surface area (Å²) < 4.78 is 43.5. The van der Waals surface area contributed by atoms with Gasteiger partial charge in [-0.2, -0.15) is 15.2 Å². The number of anilines is 3. The fraction of sp³-hybridized carbons (Fsp3) is 0.333. The zero-order chi connectivity index (χ0) is 33.4. The van der Waals surface area contributed by atoms with Crippen molar-refractivity contribution in [2.24, 2.45) is 0 Å². The number of hydrogen-bond donors (Lipinski definition) is 2. The molecule has 14 heteroatoms. The number of hydrogen-bond acceptors (Lipinski definition) is 11. The van der Waals surface area contributed by atoms with Crippen molar-refractivity contribution in [2.75, 3.05) is 56.8 Å². The van der Waals surface area contributed by atoms with Gasteiger partial charge in [-0.3, -0.25) is 0 Å². The molecule has 1 aliphatic heterocycles. The number of rotatable bonds is 9. The van der Waals surface area contributed by atoms with Gasteiger partial charge in [0.25, 0.3) is 0 Å². The Balaban J connectivity index is 1.50.